The van der Waals surface area contributed by atoms with Crippen LogP contribution in [0.4, 0.5) is 0 Å². The van der Waals surface area contributed by atoms with Crippen molar-refractivity contribution >= 4 is 11.9 Å². The third-order valence-corrected chi connectivity index (χ3v) is 3.26. The zero-order valence-corrected chi connectivity index (χ0v) is 12.7. The maximum atomic E-state index is 12.4. The first-order valence-corrected chi connectivity index (χ1v) is 6.93. The van der Waals surface area contributed by atoms with Gasteiger partial charge in [-0.1, -0.05) is 0 Å². The predicted octanol–water partition coefficient (Wildman–Crippen LogP) is 0.145. The molecule has 0 saturated carbocycles. The van der Waals surface area contributed by atoms with Gasteiger partial charge in [-0.15, -0.1) is 0 Å². The normalized spacial score (nSPS) is 18.0. The first-order chi connectivity index (χ1) is 10.8. The summed E-state index contributed by atoms with van der Waals surface area (Å²) >= 11 is 0. The number of carboxylic acid groups (broad SMARTS) is 1. The summed E-state index contributed by atoms with van der Waals surface area (Å²) in [4.78, 5) is 27.9. The lowest BCUT2D eigenvalue weighted by atomic mass is 9.82. The Bertz CT molecular complexity index is 695. The van der Waals surface area contributed by atoms with Crippen LogP contribution in [0.25, 0.3) is 0 Å². The number of nitrogens with two attached hydrogens (primary N) is 2. The van der Waals surface area contributed by atoms with Crippen LogP contribution in [0, 0.1) is 0 Å². The number of carbonyl (C=O) groups excluding carboxylic acids is 1. The smallest absolute Gasteiger partial charge is 0.338 e. The van der Waals surface area contributed by atoms with Crippen LogP contribution in [0.1, 0.15) is 25.3 Å². The lowest BCUT2D eigenvalue weighted by molar-refractivity contribution is -0.143. The summed E-state index contributed by atoms with van der Waals surface area (Å²) in [6, 6.07) is 3.20. The Morgan fingerprint density at radius 2 is 1.78 bits per heavy atom. The number of nitrogens with zero attached hydrogens (tertiary/aromatic N) is 1. The van der Waals surface area contributed by atoms with E-state index in [0.29, 0.717) is 5.56 Å². The lowest BCUT2D eigenvalue weighted by Crippen LogP contribution is -2.39. The summed E-state index contributed by atoms with van der Waals surface area (Å²) in [7, 11) is 0. The number of hydrogen-bond donors (Lipinski definition) is 4. The zero-order chi connectivity index (χ0) is 17.1. The maximum absolute atomic E-state index is 12.4. The number of carboxylic acids is 1. The van der Waals surface area contributed by atoms with Crippen molar-refractivity contribution in [1.29, 1.82) is 0 Å². The molecule has 1 aliphatic rings. The van der Waals surface area contributed by atoms with Gasteiger partial charge >= 0.3 is 11.9 Å². The van der Waals surface area contributed by atoms with Crippen molar-refractivity contribution < 1.29 is 19.4 Å². The van der Waals surface area contributed by atoms with Crippen molar-refractivity contribution in [3.63, 3.8) is 0 Å². The Balaban J connectivity index is 2.60. The number of rotatable bonds is 4. The fourth-order valence-electron chi connectivity index (χ4n) is 2.37. The van der Waals surface area contributed by atoms with Crippen molar-refractivity contribution in [2.45, 2.75) is 25.9 Å². The van der Waals surface area contributed by atoms with E-state index in [9.17, 15) is 14.7 Å². The molecule has 2 heterocycles. The van der Waals surface area contributed by atoms with Gasteiger partial charge in [0.2, 0.25) is 0 Å². The van der Waals surface area contributed by atoms with E-state index in [-0.39, 0.29) is 28.9 Å². The topological polar surface area (TPSA) is 141 Å². The highest BCUT2D eigenvalue weighted by Crippen LogP contribution is 2.36. The summed E-state index contributed by atoms with van der Waals surface area (Å²) in [5, 5.41) is 12.0. The highest BCUT2D eigenvalue weighted by molar-refractivity contribution is 5.99. The van der Waals surface area contributed by atoms with E-state index in [1.54, 1.807) is 26.0 Å². The van der Waals surface area contributed by atoms with Crippen LogP contribution in [-0.4, -0.2) is 28.1 Å². The molecule has 1 atom stereocenters. The Hall–Kier alpha value is -3.03. The van der Waals surface area contributed by atoms with E-state index >= 15 is 0 Å². The molecule has 0 bridgehead atoms. The average molecular weight is 318 g/mol. The second kappa shape index (κ2) is 6.39. The minimum atomic E-state index is -1.25. The van der Waals surface area contributed by atoms with Crippen molar-refractivity contribution in [2.75, 3.05) is 0 Å². The maximum Gasteiger partial charge on any atom is 0.338 e. The van der Waals surface area contributed by atoms with Crippen LogP contribution in [0.15, 0.2) is 47.3 Å². The Morgan fingerprint density at radius 3 is 2.30 bits per heavy atom. The molecule has 0 amide bonds. The zero-order valence-electron chi connectivity index (χ0n) is 12.7. The molecule has 8 nitrogen and oxygen atoms in total. The number of pyridine rings is 1. The van der Waals surface area contributed by atoms with Gasteiger partial charge in [-0.2, -0.15) is 0 Å². The summed E-state index contributed by atoms with van der Waals surface area (Å²) in [5.41, 5.74) is 12.0. The second-order valence-corrected chi connectivity index (χ2v) is 5.25. The molecule has 23 heavy (non-hydrogen) atoms. The van der Waals surface area contributed by atoms with Crippen molar-refractivity contribution in [3.05, 3.63) is 52.9 Å². The van der Waals surface area contributed by atoms with E-state index in [1.807, 2.05) is 0 Å². The Morgan fingerprint density at radius 1 is 1.22 bits per heavy atom. The molecule has 1 aliphatic heterocycles. The van der Waals surface area contributed by atoms with Gasteiger partial charge in [-0.05, 0) is 31.5 Å². The molecule has 0 aromatic carbocycles. The van der Waals surface area contributed by atoms with Crippen LogP contribution in [-0.2, 0) is 14.3 Å². The number of aromatic nitrogens is 1. The van der Waals surface area contributed by atoms with Crippen LogP contribution >= 0.6 is 0 Å². The van der Waals surface area contributed by atoms with Crippen LogP contribution < -0.4 is 16.8 Å². The molecule has 0 aliphatic carbocycles. The van der Waals surface area contributed by atoms with Gasteiger partial charge in [-0.25, -0.2) is 9.59 Å². The van der Waals surface area contributed by atoms with E-state index in [0.717, 1.165) is 0 Å². The summed E-state index contributed by atoms with van der Waals surface area (Å²) in [6.07, 6.45) is 2.61. The van der Waals surface area contributed by atoms with Gasteiger partial charge in [0.05, 0.1) is 23.2 Å². The number of aliphatic carboxylic acids is 1. The molecular weight excluding hydrogens is 300 g/mol. The monoisotopic (exact) mass is 318 g/mol. The highest BCUT2D eigenvalue weighted by Gasteiger charge is 2.38. The van der Waals surface area contributed by atoms with Gasteiger partial charge in [0.15, 0.2) is 0 Å². The van der Waals surface area contributed by atoms with E-state index in [2.05, 4.69) is 10.3 Å². The van der Waals surface area contributed by atoms with Gasteiger partial charge in [0.25, 0.3) is 0 Å². The lowest BCUT2D eigenvalue weighted by Gasteiger charge is -2.28. The predicted molar refractivity (Wildman–Crippen MR) is 81.4 cm³/mol. The minimum Gasteiger partial charge on any atom is -0.478 e. The molecule has 2 rings (SSSR count). The molecule has 6 N–H and O–H groups in total. The van der Waals surface area contributed by atoms with Gasteiger partial charge in [-0.3, -0.25) is 4.98 Å². The first kappa shape index (κ1) is 16.3. The van der Waals surface area contributed by atoms with E-state index in [4.69, 9.17) is 16.2 Å². The van der Waals surface area contributed by atoms with Crippen molar-refractivity contribution in [1.82, 2.24) is 10.3 Å². The van der Waals surface area contributed by atoms with Gasteiger partial charge < -0.3 is 26.6 Å². The number of esters is 1. The molecular formula is C15H18N4O4. The van der Waals surface area contributed by atoms with E-state index < -0.39 is 17.9 Å². The molecule has 8 heteroatoms. The standard InChI is InChI=1S/C15H18N4O4/c1-7(2)23-15(22)11-9(8-3-5-18-6-4-8)10(14(20)21)12(16)19-13(11)17/h3-7,9,19H,16-17H2,1-2H3,(H,20,21). The molecule has 1 unspecified atom stereocenters. The molecule has 0 radical (unpaired) electrons. The van der Waals surface area contributed by atoms with Crippen LogP contribution in [0.5, 0.6) is 0 Å². The second-order valence-electron chi connectivity index (χ2n) is 5.25. The molecule has 122 valence electrons. The third kappa shape index (κ3) is 3.25. The minimum absolute atomic E-state index is 0.0106. The SMILES string of the molecule is CC(C)OC(=O)C1=C(N)NC(N)=C(C(=O)O)C1c1ccncc1. The number of ether oxygens (including phenoxy) is 1. The Labute approximate surface area is 132 Å². The Kier molecular flexibility index (Phi) is 4.54. The molecule has 1 aromatic rings. The fraction of sp³-hybridized carbons (Fsp3) is 0.267. The first-order valence-electron chi connectivity index (χ1n) is 6.93. The van der Waals surface area contributed by atoms with Crippen LogP contribution in [0.3, 0.4) is 0 Å². The number of hydrogen-bond acceptors (Lipinski definition) is 7. The van der Waals surface area contributed by atoms with Gasteiger partial charge in [0.1, 0.15) is 11.6 Å². The molecule has 0 fully saturated rings. The summed E-state index contributed by atoms with van der Waals surface area (Å²) in [6.45, 7) is 3.38. The highest BCUT2D eigenvalue weighted by atomic mass is 16.5. The van der Waals surface area contributed by atoms with Crippen molar-refractivity contribution in [2.24, 2.45) is 11.5 Å². The quantitative estimate of drug-likeness (QED) is 0.575. The average Bonchev–Trinajstić information content (AvgIpc) is 2.45. The molecule has 1 aromatic heterocycles. The largest absolute Gasteiger partial charge is 0.478 e. The van der Waals surface area contributed by atoms with Crippen molar-refractivity contribution in [3.8, 4) is 0 Å². The number of dihydropyridines is 1. The number of nitrogens with one attached hydrogen (secondary N) is 1. The molecule has 0 spiro atoms. The van der Waals surface area contributed by atoms with Crippen LogP contribution in [0.2, 0.25) is 0 Å². The van der Waals surface area contributed by atoms with E-state index in [1.165, 1.54) is 12.4 Å². The third-order valence-electron chi connectivity index (χ3n) is 3.26. The number of carbonyl (C=O) groups is 2. The van der Waals surface area contributed by atoms with Gasteiger partial charge in [0, 0.05) is 12.4 Å². The fourth-order valence-corrected chi connectivity index (χ4v) is 2.37. The summed E-state index contributed by atoms with van der Waals surface area (Å²) < 4.78 is 5.19. The summed E-state index contributed by atoms with van der Waals surface area (Å²) in [5.74, 6) is -3.03. The molecule has 0 saturated heterocycles.